The van der Waals surface area contributed by atoms with Crippen LogP contribution in [0.2, 0.25) is 0 Å². The molecule has 0 unspecified atom stereocenters. The highest BCUT2D eigenvalue weighted by molar-refractivity contribution is 5.69. The Bertz CT molecular complexity index is 489. The summed E-state index contributed by atoms with van der Waals surface area (Å²) in [6.45, 7) is 0.371. The lowest BCUT2D eigenvalue weighted by Crippen LogP contribution is -2.19. The zero-order chi connectivity index (χ0) is 15.8. The number of carbonyl (C=O) groups is 1. The van der Waals surface area contributed by atoms with Crippen LogP contribution in [0.15, 0.2) is 36.7 Å². The van der Waals surface area contributed by atoms with Gasteiger partial charge < -0.3 is 14.6 Å². The Morgan fingerprint density at radius 1 is 1.50 bits per heavy atom. The van der Waals surface area contributed by atoms with Gasteiger partial charge in [-0.15, -0.1) is 0 Å². The molecule has 0 amide bonds. The molecule has 1 N–H and O–H groups in total. The summed E-state index contributed by atoms with van der Waals surface area (Å²) < 4.78 is 10.3. The van der Waals surface area contributed by atoms with Crippen molar-refractivity contribution in [2.24, 2.45) is 5.92 Å². The van der Waals surface area contributed by atoms with Crippen LogP contribution in [-0.2, 0) is 14.3 Å². The van der Waals surface area contributed by atoms with E-state index in [4.69, 9.17) is 4.74 Å². The van der Waals surface area contributed by atoms with Crippen LogP contribution in [0.1, 0.15) is 37.4 Å². The minimum Gasteiger partial charge on any atom is -0.469 e. The molecule has 0 bridgehead atoms. The highest BCUT2D eigenvalue weighted by Crippen LogP contribution is 2.37. The third-order valence-electron chi connectivity index (χ3n) is 3.92. The van der Waals surface area contributed by atoms with Crippen molar-refractivity contribution in [2.75, 3.05) is 13.7 Å². The first-order chi connectivity index (χ1) is 10.7. The number of methoxy groups -OCH3 is 1. The van der Waals surface area contributed by atoms with E-state index in [1.165, 1.54) is 7.11 Å². The average Bonchev–Trinajstić information content (AvgIpc) is 2.92. The van der Waals surface area contributed by atoms with Gasteiger partial charge in [0.25, 0.3) is 0 Å². The van der Waals surface area contributed by atoms with Crippen molar-refractivity contribution >= 4 is 5.97 Å². The summed E-state index contributed by atoms with van der Waals surface area (Å²) in [5, 5.41) is 10.1. The van der Waals surface area contributed by atoms with Crippen molar-refractivity contribution in [1.29, 1.82) is 0 Å². The van der Waals surface area contributed by atoms with Crippen LogP contribution in [0.5, 0.6) is 0 Å². The van der Waals surface area contributed by atoms with Gasteiger partial charge in [-0.05, 0) is 30.9 Å². The fourth-order valence-corrected chi connectivity index (χ4v) is 2.71. The van der Waals surface area contributed by atoms with Crippen molar-refractivity contribution in [3.05, 3.63) is 42.2 Å². The van der Waals surface area contributed by atoms with Crippen molar-refractivity contribution in [2.45, 2.75) is 37.9 Å². The number of aliphatic hydroxyl groups is 1. The molecule has 0 spiro atoms. The van der Waals surface area contributed by atoms with Crippen LogP contribution >= 0.6 is 0 Å². The first kappa shape index (κ1) is 16.6. The minimum atomic E-state index is -0.436. The van der Waals surface area contributed by atoms with Gasteiger partial charge in [0.1, 0.15) is 0 Å². The molecule has 1 aromatic heterocycles. The SMILES string of the molecule is COC(=O)CC/C=C\CC[C@H]1[C@H](O)CO[C@@H]1c1cccnc1. The monoisotopic (exact) mass is 305 g/mol. The van der Waals surface area contributed by atoms with E-state index in [1.807, 2.05) is 24.3 Å². The summed E-state index contributed by atoms with van der Waals surface area (Å²) in [7, 11) is 1.39. The third kappa shape index (κ3) is 4.64. The molecule has 2 heterocycles. The van der Waals surface area contributed by atoms with Crippen LogP contribution in [-0.4, -0.2) is 35.9 Å². The Kier molecular flexibility index (Phi) is 6.55. The highest BCUT2D eigenvalue weighted by atomic mass is 16.5. The molecule has 1 aliphatic heterocycles. The molecular formula is C17H23NO4. The molecule has 2 rings (SSSR count). The number of carbonyl (C=O) groups excluding carboxylic acids is 1. The van der Waals surface area contributed by atoms with Crippen molar-refractivity contribution in [3.63, 3.8) is 0 Å². The second-order valence-corrected chi connectivity index (χ2v) is 5.44. The number of pyridine rings is 1. The van der Waals surface area contributed by atoms with Gasteiger partial charge in [0.15, 0.2) is 0 Å². The van der Waals surface area contributed by atoms with Gasteiger partial charge in [0.05, 0.1) is 25.9 Å². The molecule has 1 aromatic rings. The summed E-state index contributed by atoms with van der Waals surface area (Å²) in [6, 6.07) is 3.86. The Morgan fingerprint density at radius 2 is 2.32 bits per heavy atom. The van der Waals surface area contributed by atoms with Crippen LogP contribution in [0.3, 0.4) is 0 Å². The second-order valence-electron chi connectivity index (χ2n) is 5.44. The first-order valence-electron chi connectivity index (χ1n) is 7.63. The van der Waals surface area contributed by atoms with Crippen LogP contribution in [0.25, 0.3) is 0 Å². The van der Waals surface area contributed by atoms with Crippen molar-refractivity contribution in [3.8, 4) is 0 Å². The molecule has 0 aliphatic carbocycles. The van der Waals surface area contributed by atoms with Crippen LogP contribution < -0.4 is 0 Å². The van der Waals surface area contributed by atoms with Crippen LogP contribution in [0.4, 0.5) is 0 Å². The molecule has 0 radical (unpaired) electrons. The zero-order valence-corrected chi connectivity index (χ0v) is 12.9. The zero-order valence-electron chi connectivity index (χ0n) is 12.9. The Morgan fingerprint density at radius 3 is 3.05 bits per heavy atom. The molecule has 120 valence electrons. The number of nitrogens with zero attached hydrogens (tertiary/aromatic N) is 1. The van der Waals surface area contributed by atoms with E-state index in [1.54, 1.807) is 12.4 Å². The third-order valence-corrected chi connectivity index (χ3v) is 3.92. The van der Waals surface area contributed by atoms with E-state index in [0.717, 1.165) is 18.4 Å². The lowest BCUT2D eigenvalue weighted by Gasteiger charge is -2.19. The number of aliphatic hydroxyl groups excluding tert-OH is 1. The maximum Gasteiger partial charge on any atom is 0.305 e. The van der Waals surface area contributed by atoms with E-state index in [2.05, 4.69) is 9.72 Å². The Labute approximate surface area is 131 Å². The molecule has 1 fully saturated rings. The largest absolute Gasteiger partial charge is 0.469 e. The smallest absolute Gasteiger partial charge is 0.305 e. The van der Waals surface area contributed by atoms with Crippen LogP contribution in [0, 0.1) is 5.92 Å². The van der Waals surface area contributed by atoms with Crippen molar-refractivity contribution in [1.82, 2.24) is 4.98 Å². The van der Waals surface area contributed by atoms with Gasteiger partial charge in [0.2, 0.25) is 0 Å². The Balaban J connectivity index is 1.80. The Hall–Kier alpha value is -1.72. The van der Waals surface area contributed by atoms with E-state index < -0.39 is 6.10 Å². The standard InChI is InChI=1S/C17H23NO4/c1-21-16(20)9-5-3-2-4-8-14-15(19)12-22-17(14)13-7-6-10-18-11-13/h2-3,6-7,10-11,14-15,17,19H,4-5,8-9,12H2,1H3/b3-2-/t14-,15+,17+/m0/s1. The summed E-state index contributed by atoms with van der Waals surface area (Å²) in [5.41, 5.74) is 1.01. The van der Waals surface area contributed by atoms with Gasteiger partial charge in [-0.25, -0.2) is 0 Å². The topological polar surface area (TPSA) is 68.7 Å². The number of aromatic nitrogens is 1. The van der Waals surface area contributed by atoms with Crippen molar-refractivity contribution < 1.29 is 19.4 Å². The number of esters is 1. The molecule has 1 saturated heterocycles. The highest BCUT2D eigenvalue weighted by Gasteiger charge is 2.36. The van der Waals surface area contributed by atoms with Gasteiger partial charge in [-0.1, -0.05) is 18.2 Å². The van der Waals surface area contributed by atoms with E-state index in [9.17, 15) is 9.90 Å². The maximum atomic E-state index is 11.0. The van der Waals surface area contributed by atoms with E-state index in [0.29, 0.717) is 19.4 Å². The fraction of sp³-hybridized carbons (Fsp3) is 0.529. The van der Waals surface area contributed by atoms with E-state index >= 15 is 0 Å². The number of hydrogen-bond donors (Lipinski definition) is 1. The molecule has 1 aliphatic rings. The summed E-state index contributed by atoms with van der Waals surface area (Å²) >= 11 is 0. The molecule has 5 nitrogen and oxygen atoms in total. The predicted octanol–water partition coefficient (Wildman–Crippen LogP) is 2.42. The summed E-state index contributed by atoms with van der Waals surface area (Å²) in [5.74, 6) is -0.115. The molecule has 0 aromatic carbocycles. The molecule has 3 atom stereocenters. The van der Waals surface area contributed by atoms with E-state index in [-0.39, 0.29) is 18.0 Å². The number of hydrogen-bond acceptors (Lipinski definition) is 5. The van der Waals surface area contributed by atoms with Gasteiger partial charge in [-0.2, -0.15) is 0 Å². The number of ether oxygens (including phenoxy) is 2. The number of allylic oxidation sites excluding steroid dienone is 2. The first-order valence-corrected chi connectivity index (χ1v) is 7.63. The van der Waals surface area contributed by atoms with Gasteiger partial charge in [-0.3, -0.25) is 9.78 Å². The molecular weight excluding hydrogens is 282 g/mol. The molecule has 22 heavy (non-hydrogen) atoms. The normalized spacial score (nSPS) is 24.7. The lowest BCUT2D eigenvalue weighted by atomic mass is 9.90. The maximum absolute atomic E-state index is 11.0. The minimum absolute atomic E-state index is 0.0782. The molecule has 0 saturated carbocycles. The summed E-state index contributed by atoms with van der Waals surface area (Å²) in [4.78, 5) is 15.1. The average molecular weight is 305 g/mol. The summed E-state index contributed by atoms with van der Waals surface area (Å²) in [6.07, 6.45) is 9.81. The second kappa shape index (κ2) is 8.66. The van der Waals surface area contributed by atoms with Gasteiger partial charge >= 0.3 is 5.97 Å². The van der Waals surface area contributed by atoms with Gasteiger partial charge in [0, 0.05) is 24.7 Å². The number of rotatable bonds is 7. The fourth-order valence-electron chi connectivity index (χ4n) is 2.71. The lowest BCUT2D eigenvalue weighted by molar-refractivity contribution is -0.140. The quantitative estimate of drug-likeness (QED) is 0.619. The molecule has 5 heteroatoms. The predicted molar refractivity (Wildman–Crippen MR) is 82.1 cm³/mol.